The molecule has 0 aliphatic heterocycles. The van der Waals surface area contributed by atoms with E-state index in [1.165, 1.54) is 0 Å². The van der Waals surface area contributed by atoms with Crippen molar-refractivity contribution in [3.8, 4) is 28.1 Å². The van der Waals surface area contributed by atoms with Gasteiger partial charge in [0.15, 0.2) is 0 Å². The van der Waals surface area contributed by atoms with E-state index in [1.807, 2.05) is 26.0 Å². The van der Waals surface area contributed by atoms with E-state index in [9.17, 15) is 13.2 Å². The predicted octanol–water partition coefficient (Wildman–Crippen LogP) is 6.93. The first-order valence-corrected chi connectivity index (χ1v) is 11.4. The molecule has 2 aromatic carbocycles. The number of rotatable bonds is 3. The first-order chi connectivity index (χ1) is 17.7. The number of aromatic nitrogens is 5. The Kier molecular flexibility index (Phi) is 4.98. The van der Waals surface area contributed by atoms with Crippen LogP contribution in [-0.2, 0) is 6.18 Å². The highest BCUT2D eigenvalue weighted by atomic mass is 19.4. The number of ether oxygens (including phenoxy) is 1. The molecule has 7 nitrogen and oxygen atoms in total. The first kappa shape index (κ1) is 23.0. The Morgan fingerprint density at radius 3 is 2.41 bits per heavy atom. The molecular weight excluding hydrogens is 483 g/mol. The van der Waals surface area contributed by atoms with Crippen LogP contribution in [0, 0.1) is 20.8 Å². The summed E-state index contributed by atoms with van der Waals surface area (Å²) in [6.45, 7) is 5.38. The molecule has 4 aromatic heterocycles. The van der Waals surface area contributed by atoms with E-state index in [-0.39, 0.29) is 5.52 Å². The molecule has 186 valence electrons. The zero-order chi connectivity index (χ0) is 26.1. The molecule has 0 atom stereocenters. The van der Waals surface area contributed by atoms with Crippen molar-refractivity contribution >= 4 is 32.8 Å². The highest BCUT2D eigenvalue weighted by Crippen LogP contribution is 2.43. The number of nitrogens with one attached hydrogen (secondary N) is 1. The number of methoxy groups -OCH3 is 1. The quantitative estimate of drug-likeness (QED) is 0.282. The SMILES string of the molecule is COc1cc2c(cc1-c1c(C)noc1C)[nH]c1nc(C)nc(-c3cc(C(F)(F)F)nc4ccccc34)c12. The summed E-state index contributed by atoms with van der Waals surface area (Å²) in [5.41, 5.74) is 3.48. The number of fused-ring (bicyclic) bond motifs is 4. The molecular formula is C27H20F3N5O2. The number of para-hydroxylation sites is 1. The van der Waals surface area contributed by atoms with Crippen LogP contribution in [0.5, 0.6) is 5.75 Å². The van der Waals surface area contributed by atoms with Crippen LogP contribution in [-0.4, -0.2) is 32.2 Å². The molecule has 0 amide bonds. The standard InChI is InChI=1S/C27H20F3N5O2/c1-12-23(13(2)37-35-12)18-9-20-17(10-21(18)36-4)24-25(31-14(3)32-26(24)34-20)16-11-22(27(28,29)30)33-19-8-6-5-7-15(16)19/h5-11H,1-4H3,(H,31,32,34). The summed E-state index contributed by atoms with van der Waals surface area (Å²) < 4.78 is 52.5. The Hall–Kier alpha value is -4.47. The zero-order valence-corrected chi connectivity index (χ0v) is 20.3. The number of aromatic amines is 1. The van der Waals surface area contributed by atoms with Gasteiger partial charge in [0.25, 0.3) is 0 Å². The molecule has 6 aromatic rings. The normalized spacial score (nSPS) is 12.2. The number of hydrogen-bond acceptors (Lipinski definition) is 6. The summed E-state index contributed by atoms with van der Waals surface area (Å²) in [5, 5.41) is 5.92. The highest BCUT2D eigenvalue weighted by Gasteiger charge is 2.34. The summed E-state index contributed by atoms with van der Waals surface area (Å²) in [6.07, 6.45) is -4.62. The third-order valence-electron chi connectivity index (χ3n) is 6.45. The first-order valence-electron chi connectivity index (χ1n) is 11.4. The summed E-state index contributed by atoms with van der Waals surface area (Å²) >= 11 is 0. The van der Waals surface area contributed by atoms with Gasteiger partial charge in [-0.3, -0.25) is 0 Å². The molecule has 0 radical (unpaired) electrons. The van der Waals surface area contributed by atoms with E-state index in [1.54, 1.807) is 38.3 Å². The third-order valence-corrected chi connectivity index (χ3v) is 6.45. The number of halogens is 3. The van der Waals surface area contributed by atoms with Gasteiger partial charge in [0.05, 0.1) is 35.0 Å². The van der Waals surface area contributed by atoms with Crippen molar-refractivity contribution in [1.29, 1.82) is 0 Å². The number of nitrogens with zero attached hydrogens (tertiary/aromatic N) is 4. The van der Waals surface area contributed by atoms with E-state index < -0.39 is 11.9 Å². The number of hydrogen-bond donors (Lipinski definition) is 1. The summed E-state index contributed by atoms with van der Waals surface area (Å²) in [5.74, 6) is 1.62. The monoisotopic (exact) mass is 503 g/mol. The van der Waals surface area contributed by atoms with Crippen LogP contribution in [0.4, 0.5) is 13.2 Å². The Morgan fingerprint density at radius 1 is 0.919 bits per heavy atom. The lowest BCUT2D eigenvalue weighted by atomic mass is 9.98. The molecule has 37 heavy (non-hydrogen) atoms. The smallest absolute Gasteiger partial charge is 0.433 e. The predicted molar refractivity (Wildman–Crippen MR) is 133 cm³/mol. The van der Waals surface area contributed by atoms with E-state index in [0.29, 0.717) is 56.1 Å². The number of alkyl halides is 3. The molecule has 0 spiro atoms. The molecule has 10 heteroatoms. The van der Waals surface area contributed by atoms with Crippen molar-refractivity contribution in [3.63, 3.8) is 0 Å². The average Bonchev–Trinajstić information content (AvgIpc) is 3.39. The summed E-state index contributed by atoms with van der Waals surface area (Å²) in [4.78, 5) is 16.4. The van der Waals surface area contributed by atoms with Gasteiger partial charge in [-0.2, -0.15) is 13.2 Å². The molecule has 0 fully saturated rings. The molecule has 0 bridgehead atoms. The lowest BCUT2D eigenvalue weighted by Crippen LogP contribution is -2.08. The number of H-pyrrole nitrogens is 1. The molecule has 4 heterocycles. The second-order valence-electron chi connectivity index (χ2n) is 8.84. The average molecular weight is 503 g/mol. The van der Waals surface area contributed by atoms with E-state index >= 15 is 0 Å². The molecule has 0 saturated heterocycles. The fourth-order valence-electron chi connectivity index (χ4n) is 4.88. The second kappa shape index (κ2) is 8.02. The Bertz CT molecular complexity index is 1830. The maximum Gasteiger partial charge on any atom is 0.433 e. The van der Waals surface area contributed by atoms with Crippen LogP contribution in [0.1, 0.15) is 23.0 Å². The van der Waals surface area contributed by atoms with Crippen molar-refractivity contribution in [2.24, 2.45) is 0 Å². The van der Waals surface area contributed by atoms with Gasteiger partial charge in [-0.25, -0.2) is 15.0 Å². The molecule has 1 N–H and O–H groups in total. The fraction of sp³-hybridized carbons (Fsp3) is 0.185. The lowest BCUT2D eigenvalue weighted by molar-refractivity contribution is -0.140. The zero-order valence-electron chi connectivity index (χ0n) is 20.3. The van der Waals surface area contributed by atoms with Gasteiger partial charge in [0, 0.05) is 27.4 Å². The van der Waals surface area contributed by atoms with Crippen molar-refractivity contribution in [3.05, 3.63) is 65.4 Å². The van der Waals surface area contributed by atoms with Crippen molar-refractivity contribution in [2.45, 2.75) is 26.9 Å². The summed E-state index contributed by atoms with van der Waals surface area (Å²) in [6, 6.07) is 11.5. The van der Waals surface area contributed by atoms with Gasteiger partial charge in [-0.1, -0.05) is 23.4 Å². The van der Waals surface area contributed by atoms with Crippen molar-refractivity contribution < 1.29 is 22.4 Å². The number of pyridine rings is 1. The van der Waals surface area contributed by atoms with Gasteiger partial charge in [0.1, 0.15) is 28.7 Å². The minimum Gasteiger partial charge on any atom is -0.496 e. The van der Waals surface area contributed by atoms with Gasteiger partial charge in [0.2, 0.25) is 0 Å². The van der Waals surface area contributed by atoms with E-state index in [4.69, 9.17) is 9.26 Å². The van der Waals surface area contributed by atoms with Gasteiger partial charge in [-0.05, 0) is 45.0 Å². The van der Waals surface area contributed by atoms with Crippen LogP contribution in [0.3, 0.4) is 0 Å². The maximum atomic E-state index is 13.8. The Labute approximate surface area is 208 Å². The van der Waals surface area contributed by atoms with Gasteiger partial charge >= 0.3 is 6.18 Å². The van der Waals surface area contributed by atoms with E-state index in [2.05, 4.69) is 25.1 Å². The van der Waals surface area contributed by atoms with Crippen LogP contribution in [0.15, 0.2) is 47.0 Å². The second-order valence-corrected chi connectivity index (χ2v) is 8.84. The maximum absolute atomic E-state index is 13.8. The van der Waals surface area contributed by atoms with Crippen LogP contribution in [0.25, 0.3) is 55.2 Å². The number of benzene rings is 2. The minimum absolute atomic E-state index is 0.231. The number of aryl methyl sites for hydroxylation is 3. The minimum atomic E-state index is -4.62. The third kappa shape index (κ3) is 3.59. The topological polar surface area (TPSA) is 89.7 Å². The van der Waals surface area contributed by atoms with Gasteiger partial charge < -0.3 is 14.2 Å². The molecule has 0 unspecified atom stereocenters. The summed E-state index contributed by atoms with van der Waals surface area (Å²) in [7, 11) is 1.56. The van der Waals surface area contributed by atoms with Crippen LogP contribution < -0.4 is 4.74 Å². The molecule has 0 aliphatic carbocycles. The van der Waals surface area contributed by atoms with Crippen LogP contribution in [0.2, 0.25) is 0 Å². The Balaban J connectivity index is 1.72. The van der Waals surface area contributed by atoms with Gasteiger partial charge in [-0.15, -0.1) is 0 Å². The molecule has 0 aliphatic rings. The largest absolute Gasteiger partial charge is 0.496 e. The molecule has 0 saturated carbocycles. The highest BCUT2D eigenvalue weighted by molar-refractivity contribution is 6.15. The Morgan fingerprint density at radius 2 is 1.70 bits per heavy atom. The van der Waals surface area contributed by atoms with Crippen molar-refractivity contribution in [1.82, 2.24) is 25.1 Å². The van der Waals surface area contributed by atoms with Crippen molar-refractivity contribution in [2.75, 3.05) is 7.11 Å². The lowest BCUT2D eigenvalue weighted by Gasteiger charge is -2.13. The molecule has 6 rings (SSSR count). The van der Waals surface area contributed by atoms with E-state index in [0.717, 1.165) is 22.7 Å². The fourth-order valence-corrected chi connectivity index (χ4v) is 4.88. The van der Waals surface area contributed by atoms with Crippen LogP contribution >= 0.6 is 0 Å².